The van der Waals surface area contributed by atoms with Gasteiger partial charge in [-0.2, -0.15) is 0 Å². The van der Waals surface area contributed by atoms with Crippen LogP contribution in [0.25, 0.3) is 11.4 Å². The molecular weight excluding hydrogens is 188 g/mol. The molecule has 0 atom stereocenters. The van der Waals surface area contributed by atoms with E-state index in [2.05, 4.69) is 20.3 Å². The SMILES string of the molecule is CNCCCc1ncc(-c2ccc[nH]2)[nH]1. The van der Waals surface area contributed by atoms with Crippen molar-refractivity contribution in [2.24, 2.45) is 0 Å². The Balaban J connectivity index is 1.98. The number of hydrogen-bond acceptors (Lipinski definition) is 2. The topological polar surface area (TPSA) is 56.5 Å². The summed E-state index contributed by atoms with van der Waals surface area (Å²) in [5, 5.41) is 3.12. The minimum Gasteiger partial charge on any atom is -0.360 e. The lowest BCUT2D eigenvalue weighted by Crippen LogP contribution is -2.08. The van der Waals surface area contributed by atoms with Gasteiger partial charge in [-0.05, 0) is 32.1 Å². The molecule has 0 amide bonds. The lowest BCUT2D eigenvalue weighted by atomic mass is 10.3. The number of H-pyrrole nitrogens is 2. The summed E-state index contributed by atoms with van der Waals surface area (Å²) >= 11 is 0. The van der Waals surface area contributed by atoms with Gasteiger partial charge in [0.15, 0.2) is 0 Å². The number of nitrogens with zero attached hydrogens (tertiary/aromatic N) is 1. The second-order valence-electron chi connectivity index (χ2n) is 3.53. The van der Waals surface area contributed by atoms with E-state index in [-0.39, 0.29) is 0 Å². The van der Waals surface area contributed by atoms with Crippen molar-refractivity contribution in [2.45, 2.75) is 12.8 Å². The van der Waals surface area contributed by atoms with Crippen molar-refractivity contribution in [2.75, 3.05) is 13.6 Å². The predicted molar refractivity (Wildman–Crippen MR) is 60.6 cm³/mol. The van der Waals surface area contributed by atoms with Crippen LogP contribution in [0.2, 0.25) is 0 Å². The lowest BCUT2D eigenvalue weighted by Gasteiger charge is -1.96. The van der Waals surface area contributed by atoms with Crippen molar-refractivity contribution >= 4 is 0 Å². The van der Waals surface area contributed by atoms with Gasteiger partial charge in [-0.15, -0.1) is 0 Å². The van der Waals surface area contributed by atoms with Crippen molar-refractivity contribution < 1.29 is 0 Å². The summed E-state index contributed by atoms with van der Waals surface area (Å²) in [6.07, 6.45) is 5.88. The average molecular weight is 204 g/mol. The molecule has 3 N–H and O–H groups in total. The largest absolute Gasteiger partial charge is 0.360 e. The molecule has 0 aromatic carbocycles. The first kappa shape index (κ1) is 9.98. The maximum Gasteiger partial charge on any atom is 0.106 e. The third-order valence-electron chi connectivity index (χ3n) is 2.36. The summed E-state index contributed by atoms with van der Waals surface area (Å²) in [7, 11) is 1.96. The minimum absolute atomic E-state index is 0.988. The predicted octanol–water partition coefficient (Wildman–Crippen LogP) is 1.56. The maximum absolute atomic E-state index is 4.34. The van der Waals surface area contributed by atoms with Gasteiger partial charge >= 0.3 is 0 Å². The Labute approximate surface area is 89.1 Å². The van der Waals surface area contributed by atoms with Crippen LogP contribution < -0.4 is 5.32 Å². The fraction of sp³-hybridized carbons (Fsp3) is 0.364. The van der Waals surface area contributed by atoms with E-state index in [1.165, 1.54) is 0 Å². The van der Waals surface area contributed by atoms with Crippen LogP contribution in [0.15, 0.2) is 24.5 Å². The zero-order valence-corrected chi connectivity index (χ0v) is 8.88. The molecule has 2 aromatic rings. The van der Waals surface area contributed by atoms with Gasteiger partial charge in [-0.1, -0.05) is 0 Å². The van der Waals surface area contributed by atoms with Crippen molar-refractivity contribution in [3.05, 3.63) is 30.4 Å². The zero-order chi connectivity index (χ0) is 10.5. The highest BCUT2D eigenvalue weighted by atomic mass is 14.9. The molecule has 0 saturated heterocycles. The molecule has 2 rings (SSSR count). The third kappa shape index (κ3) is 2.47. The molecule has 4 nitrogen and oxygen atoms in total. The normalized spacial score (nSPS) is 10.7. The van der Waals surface area contributed by atoms with Crippen LogP contribution in [-0.2, 0) is 6.42 Å². The van der Waals surface area contributed by atoms with Gasteiger partial charge in [0.25, 0.3) is 0 Å². The molecule has 0 unspecified atom stereocenters. The molecule has 0 radical (unpaired) electrons. The third-order valence-corrected chi connectivity index (χ3v) is 2.36. The summed E-state index contributed by atoms with van der Waals surface area (Å²) in [5.74, 6) is 1.05. The van der Waals surface area contributed by atoms with E-state index >= 15 is 0 Å². The number of aromatic amines is 2. The number of rotatable bonds is 5. The van der Waals surface area contributed by atoms with E-state index in [0.717, 1.165) is 36.6 Å². The molecular formula is C11H16N4. The number of hydrogen-bond donors (Lipinski definition) is 3. The van der Waals surface area contributed by atoms with E-state index in [4.69, 9.17) is 0 Å². The van der Waals surface area contributed by atoms with Gasteiger partial charge < -0.3 is 15.3 Å². The molecule has 0 aliphatic heterocycles. The average Bonchev–Trinajstić information content (AvgIpc) is 2.87. The number of nitrogens with one attached hydrogen (secondary N) is 3. The zero-order valence-electron chi connectivity index (χ0n) is 8.88. The van der Waals surface area contributed by atoms with Gasteiger partial charge in [0, 0.05) is 12.6 Å². The Morgan fingerprint density at radius 1 is 1.40 bits per heavy atom. The first-order chi connectivity index (χ1) is 7.40. The number of imidazole rings is 1. The summed E-state index contributed by atoms with van der Waals surface area (Å²) in [4.78, 5) is 10.8. The van der Waals surface area contributed by atoms with Crippen LogP contribution in [0.1, 0.15) is 12.2 Å². The van der Waals surface area contributed by atoms with Crippen LogP contribution >= 0.6 is 0 Å². The quantitative estimate of drug-likeness (QED) is 0.647. The number of aryl methyl sites for hydroxylation is 1. The molecule has 2 heterocycles. The highest BCUT2D eigenvalue weighted by Gasteiger charge is 2.02. The number of aromatic nitrogens is 3. The molecule has 4 heteroatoms. The summed E-state index contributed by atoms with van der Waals surface area (Å²) in [5.41, 5.74) is 2.14. The second kappa shape index (κ2) is 4.79. The van der Waals surface area contributed by atoms with E-state index < -0.39 is 0 Å². The van der Waals surface area contributed by atoms with Gasteiger partial charge in [-0.3, -0.25) is 0 Å². The fourth-order valence-electron chi connectivity index (χ4n) is 1.56. The summed E-state index contributed by atoms with van der Waals surface area (Å²) in [6, 6.07) is 4.02. The standard InChI is InChI=1S/C11H16N4/c1-12-6-3-5-11-14-8-10(15-11)9-4-2-7-13-9/h2,4,7-8,12-13H,3,5-6H2,1H3,(H,14,15). The maximum atomic E-state index is 4.34. The van der Waals surface area contributed by atoms with E-state index in [0.29, 0.717) is 0 Å². The Kier molecular flexibility index (Phi) is 3.19. The molecule has 2 aromatic heterocycles. The van der Waals surface area contributed by atoms with Gasteiger partial charge in [0.05, 0.1) is 17.6 Å². The molecule has 0 aliphatic rings. The monoisotopic (exact) mass is 204 g/mol. The van der Waals surface area contributed by atoms with Gasteiger partial charge in [0.1, 0.15) is 5.82 Å². The van der Waals surface area contributed by atoms with Crippen LogP contribution in [0.3, 0.4) is 0 Å². The highest BCUT2D eigenvalue weighted by molar-refractivity contribution is 5.53. The summed E-state index contributed by atoms with van der Waals surface area (Å²) < 4.78 is 0. The van der Waals surface area contributed by atoms with Gasteiger partial charge in [0.2, 0.25) is 0 Å². The highest BCUT2D eigenvalue weighted by Crippen LogP contribution is 2.14. The van der Waals surface area contributed by atoms with E-state index in [9.17, 15) is 0 Å². The Morgan fingerprint density at radius 3 is 3.07 bits per heavy atom. The minimum atomic E-state index is 0.988. The van der Waals surface area contributed by atoms with Crippen LogP contribution in [0.5, 0.6) is 0 Å². The molecule has 0 aliphatic carbocycles. The van der Waals surface area contributed by atoms with Crippen LogP contribution in [0, 0.1) is 0 Å². The van der Waals surface area contributed by atoms with E-state index in [1.54, 1.807) is 0 Å². The summed E-state index contributed by atoms with van der Waals surface area (Å²) in [6.45, 7) is 1.03. The lowest BCUT2D eigenvalue weighted by molar-refractivity contribution is 0.707. The van der Waals surface area contributed by atoms with Crippen molar-refractivity contribution in [1.29, 1.82) is 0 Å². The Hall–Kier alpha value is -1.55. The first-order valence-corrected chi connectivity index (χ1v) is 5.22. The Bertz CT molecular complexity index is 388. The molecule has 80 valence electrons. The molecule has 0 spiro atoms. The van der Waals surface area contributed by atoms with Crippen molar-refractivity contribution in [1.82, 2.24) is 20.3 Å². The van der Waals surface area contributed by atoms with Gasteiger partial charge in [-0.25, -0.2) is 4.98 Å². The van der Waals surface area contributed by atoms with E-state index in [1.807, 2.05) is 31.6 Å². The van der Waals surface area contributed by atoms with Crippen molar-refractivity contribution in [3.8, 4) is 11.4 Å². The fourth-order valence-corrected chi connectivity index (χ4v) is 1.56. The van der Waals surface area contributed by atoms with Crippen LogP contribution in [0.4, 0.5) is 0 Å². The molecule has 0 fully saturated rings. The molecule has 0 saturated carbocycles. The Morgan fingerprint density at radius 2 is 2.33 bits per heavy atom. The van der Waals surface area contributed by atoms with Crippen molar-refractivity contribution in [3.63, 3.8) is 0 Å². The van der Waals surface area contributed by atoms with Crippen LogP contribution in [-0.4, -0.2) is 28.5 Å². The molecule has 15 heavy (non-hydrogen) atoms. The second-order valence-corrected chi connectivity index (χ2v) is 3.53. The smallest absolute Gasteiger partial charge is 0.106 e. The molecule has 0 bridgehead atoms. The first-order valence-electron chi connectivity index (χ1n) is 5.22.